The van der Waals surface area contributed by atoms with Crippen LogP contribution in [0.5, 0.6) is 0 Å². The number of carbonyl (C=O) groups is 1. The summed E-state index contributed by atoms with van der Waals surface area (Å²) >= 11 is 1.22. The molecule has 0 fully saturated rings. The summed E-state index contributed by atoms with van der Waals surface area (Å²) in [5.74, 6) is -0.212. The van der Waals surface area contributed by atoms with Crippen molar-refractivity contribution in [3.05, 3.63) is 90.5 Å². The van der Waals surface area contributed by atoms with E-state index >= 15 is 0 Å². The van der Waals surface area contributed by atoms with Crippen LogP contribution >= 0.6 is 11.3 Å². The Morgan fingerprint density at radius 2 is 1.53 bits per heavy atom. The monoisotopic (exact) mass is 492 g/mol. The summed E-state index contributed by atoms with van der Waals surface area (Å²) in [6, 6.07) is 24.8. The zero-order valence-corrected chi connectivity index (χ0v) is 20.4. The predicted octanol–water partition coefficient (Wildman–Crippen LogP) is 5.16. The maximum Gasteiger partial charge on any atom is 0.264 e. The number of carbonyl (C=O) groups excluding carboxylic acids is 1. The number of hydrogen-bond acceptors (Lipinski definition) is 6. The van der Waals surface area contributed by atoms with Gasteiger partial charge in [0.2, 0.25) is 11.0 Å². The van der Waals surface area contributed by atoms with Crippen molar-refractivity contribution in [3.63, 3.8) is 0 Å². The second-order valence-corrected chi connectivity index (χ2v) is 10.7. The fourth-order valence-corrected chi connectivity index (χ4v) is 5.53. The normalized spacial score (nSPS) is 11.4. The van der Waals surface area contributed by atoms with Crippen LogP contribution in [0.4, 0.5) is 10.8 Å². The fraction of sp³-hybridized carbons (Fsp3) is 0.160. The topological polar surface area (TPSA) is 92.3 Å². The van der Waals surface area contributed by atoms with Crippen molar-refractivity contribution in [2.75, 3.05) is 16.2 Å². The Kier molecular flexibility index (Phi) is 7.04. The average Bonchev–Trinajstić information content (AvgIpc) is 3.32. The maximum absolute atomic E-state index is 13.4. The van der Waals surface area contributed by atoms with Gasteiger partial charge in [-0.3, -0.25) is 14.4 Å². The van der Waals surface area contributed by atoms with E-state index in [-0.39, 0.29) is 4.90 Å². The quantitative estimate of drug-likeness (QED) is 0.367. The molecule has 0 bridgehead atoms. The van der Waals surface area contributed by atoms with Gasteiger partial charge in [-0.05, 0) is 35.7 Å². The minimum Gasteiger partial charge on any atom is -0.299 e. The molecule has 174 valence electrons. The van der Waals surface area contributed by atoms with Crippen molar-refractivity contribution in [3.8, 4) is 10.6 Å². The Morgan fingerprint density at radius 1 is 0.912 bits per heavy atom. The first-order chi connectivity index (χ1) is 16.3. The fourth-order valence-electron chi connectivity index (χ4n) is 3.32. The molecule has 0 aliphatic carbocycles. The molecule has 0 spiro atoms. The molecule has 0 atom stereocenters. The van der Waals surface area contributed by atoms with E-state index in [1.54, 1.807) is 30.3 Å². The van der Waals surface area contributed by atoms with Crippen molar-refractivity contribution in [1.29, 1.82) is 0 Å². The first-order valence-electron chi connectivity index (χ1n) is 10.7. The Hall–Kier alpha value is -3.56. The number of sulfonamides is 1. The summed E-state index contributed by atoms with van der Waals surface area (Å²) in [5, 5.41) is 11.8. The van der Waals surface area contributed by atoms with Crippen LogP contribution in [0.15, 0.2) is 89.8 Å². The summed E-state index contributed by atoms with van der Waals surface area (Å²) in [6.45, 7) is 3.72. The van der Waals surface area contributed by atoms with Crippen LogP contribution < -0.4 is 9.62 Å². The van der Waals surface area contributed by atoms with Gasteiger partial charge < -0.3 is 0 Å². The highest BCUT2D eigenvalue weighted by atomic mass is 32.2. The Morgan fingerprint density at radius 3 is 2.15 bits per heavy atom. The summed E-state index contributed by atoms with van der Waals surface area (Å²) in [4.78, 5) is 13.0. The first kappa shape index (κ1) is 23.6. The third-order valence-electron chi connectivity index (χ3n) is 5.16. The highest BCUT2D eigenvalue weighted by Crippen LogP contribution is 2.28. The number of amides is 1. The van der Waals surface area contributed by atoms with E-state index in [1.807, 2.05) is 42.5 Å². The average molecular weight is 493 g/mol. The van der Waals surface area contributed by atoms with E-state index in [2.05, 4.69) is 29.4 Å². The lowest BCUT2D eigenvalue weighted by molar-refractivity contribution is -0.114. The number of nitrogens with one attached hydrogen (secondary N) is 1. The Labute approximate surface area is 203 Å². The smallest absolute Gasteiger partial charge is 0.264 e. The summed E-state index contributed by atoms with van der Waals surface area (Å²) in [5.41, 5.74) is 2.37. The van der Waals surface area contributed by atoms with E-state index in [0.717, 1.165) is 15.4 Å². The lowest BCUT2D eigenvalue weighted by atomic mass is 10.0. The van der Waals surface area contributed by atoms with Gasteiger partial charge in [-0.2, -0.15) is 0 Å². The van der Waals surface area contributed by atoms with Crippen LogP contribution in [-0.2, 0) is 14.8 Å². The van der Waals surface area contributed by atoms with Gasteiger partial charge >= 0.3 is 0 Å². The van der Waals surface area contributed by atoms with Gasteiger partial charge in [0.05, 0.1) is 10.6 Å². The minimum absolute atomic E-state index is 0.109. The third-order valence-corrected chi connectivity index (χ3v) is 7.83. The van der Waals surface area contributed by atoms with Gasteiger partial charge in [-0.15, -0.1) is 10.2 Å². The first-order valence-corrected chi connectivity index (χ1v) is 13.0. The number of anilines is 2. The molecule has 0 saturated carbocycles. The molecule has 0 saturated heterocycles. The van der Waals surface area contributed by atoms with Crippen molar-refractivity contribution in [1.82, 2.24) is 10.2 Å². The number of hydrogen-bond donors (Lipinski definition) is 1. The second kappa shape index (κ2) is 10.1. The zero-order chi connectivity index (χ0) is 24.1. The molecule has 1 N–H and O–H groups in total. The van der Waals surface area contributed by atoms with Crippen LogP contribution in [-0.4, -0.2) is 31.1 Å². The van der Waals surface area contributed by atoms with Crippen LogP contribution in [0.3, 0.4) is 0 Å². The van der Waals surface area contributed by atoms with Gasteiger partial charge in [-0.1, -0.05) is 85.8 Å². The standard InChI is InChI=1S/C25H24N4O3S2/c1-18(2)19-13-15-21(16-14-19)29(34(31,32)22-11-7-4-8-12-22)17-23(30)26-25-28-27-24(33-25)20-9-5-3-6-10-20/h3-16,18H,17H2,1-2H3,(H,26,28,30). The van der Waals surface area contributed by atoms with Crippen molar-refractivity contribution in [2.45, 2.75) is 24.7 Å². The highest BCUT2D eigenvalue weighted by Gasteiger charge is 2.27. The molecule has 0 aliphatic heterocycles. The molecule has 0 unspecified atom stereocenters. The minimum atomic E-state index is -3.97. The molecule has 0 aliphatic rings. The Bertz CT molecular complexity index is 1350. The number of rotatable bonds is 8. The molecule has 34 heavy (non-hydrogen) atoms. The Balaban J connectivity index is 1.59. The van der Waals surface area contributed by atoms with E-state index in [9.17, 15) is 13.2 Å². The van der Waals surface area contributed by atoms with Crippen LogP contribution in [0.1, 0.15) is 25.3 Å². The SMILES string of the molecule is CC(C)c1ccc(N(CC(=O)Nc2nnc(-c3ccccc3)s2)S(=O)(=O)c2ccccc2)cc1. The molecule has 3 aromatic carbocycles. The molecule has 7 nitrogen and oxygen atoms in total. The van der Waals surface area contributed by atoms with Gasteiger partial charge in [-0.25, -0.2) is 8.42 Å². The van der Waals surface area contributed by atoms with Gasteiger partial charge in [0.1, 0.15) is 11.6 Å². The molecule has 1 heterocycles. The largest absolute Gasteiger partial charge is 0.299 e. The van der Waals surface area contributed by atoms with Crippen LogP contribution in [0.2, 0.25) is 0 Å². The summed E-state index contributed by atoms with van der Waals surface area (Å²) in [7, 11) is -3.97. The lowest BCUT2D eigenvalue weighted by Gasteiger charge is -2.24. The van der Waals surface area contributed by atoms with Gasteiger partial charge in [0.25, 0.3) is 10.0 Å². The lowest BCUT2D eigenvalue weighted by Crippen LogP contribution is -2.38. The molecule has 9 heteroatoms. The number of benzene rings is 3. The van der Waals surface area contributed by atoms with E-state index < -0.39 is 22.5 Å². The zero-order valence-electron chi connectivity index (χ0n) is 18.8. The van der Waals surface area contributed by atoms with Crippen molar-refractivity contribution < 1.29 is 13.2 Å². The van der Waals surface area contributed by atoms with Crippen LogP contribution in [0.25, 0.3) is 10.6 Å². The third kappa shape index (κ3) is 5.32. The van der Waals surface area contributed by atoms with E-state index in [4.69, 9.17) is 0 Å². The van der Waals surface area contributed by atoms with E-state index in [1.165, 1.54) is 23.5 Å². The molecular weight excluding hydrogens is 468 g/mol. The maximum atomic E-state index is 13.4. The predicted molar refractivity (Wildman–Crippen MR) is 135 cm³/mol. The summed E-state index contributed by atoms with van der Waals surface area (Å²) in [6.07, 6.45) is 0. The second-order valence-electron chi connectivity index (χ2n) is 7.90. The van der Waals surface area contributed by atoms with E-state index in [0.29, 0.717) is 21.7 Å². The highest BCUT2D eigenvalue weighted by molar-refractivity contribution is 7.92. The number of aromatic nitrogens is 2. The van der Waals surface area contributed by atoms with Crippen LogP contribution in [0, 0.1) is 0 Å². The van der Waals surface area contributed by atoms with Gasteiger partial charge in [0, 0.05) is 5.56 Å². The number of nitrogens with zero attached hydrogens (tertiary/aromatic N) is 3. The molecule has 1 aromatic heterocycles. The summed E-state index contributed by atoms with van der Waals surface area (Å²) < 4.78 is 28.0. The molecule has 1 amide bonds. The molecule has 0 radical (unpaired) electrons. The molecule has 4 aromatic rings. The van der Waals surface area contributed by atoms with Crippen molar-refractivity contribution in [2.24, 2.45) is 0 Å². The van der Waals surface area contributed by atoms with Gasteiger partial charge in [0.15, 0.2) is 0 Å². The van der Waals surface area contributed by atoms with Crippen molar-refractivity contribution >= 4 is 38.1 Å². The molecular formula is C25H24N4O3S2. The molecule has 4 rings (SSSR count).